The highest BCUT2D eigenvalue weighted by atomic mass is 16.5. The SMILES string of the molecule is CCCC(NN)C(OCC)C(C)C. The monoisotopic (exact) mass is 188 g/mol. The Labute approximate surface area is 82.0 Å². The minimum atomic E-state index is 0.231. The van der Waals surface area contributed by atoms with Crippen molar-refractivity contribution in [3.05, 3.63) is 0 Å². The molecule has 3 N–H and O–H groups in total. The topological polar surface area (TPSA) is 47.3 Å². The first-order valence-electron chi connectivity index (χ1n) is 5.25. The second kappa shape index (κ2) is 7.30. The molecular formula is C10H24N2O. The van der Waals surface area contributed by atoms with Crippen LogP contribution >= 0.6 is 0 Å². The summed E-state index contributed by atoms with van der Waals surface area (Å²) in [6, 6.07) is 0.282. The molecule has 0 aliphatic rings. The minimum absolute atomic E-state index is 0.231. The fourth-order valence-electron chi connectivity index (χ4n) is 1.62. The molecule has 3 nitrogen and oxygen atoms in total. The van der Waals surface area contributed by atoms with Gasteiger partial charge in [0.15, 0.2) is 0 Å². The van der Waals surface area contributed by atoms with Crippen molar-refractivity contribution in [3.63, 3.8) is 0 Å². The Balaban J connectivity index is 4.11. The molecule has 0 heterocycles. The molecule has 0 amide bonds. The summed E-state index contributed by atoms with van der Waals surface area (Å²) in [5.41, 5.74) is 2.84. The molecule has 0 rings (SSSR count). The Morgan fingerprint density at radius 3 is 2.23 bits per heavy atom. The van der Waals surface area contributed by atoms with Crippen molar-refractivity contribution in [1.29, 1.82) is 0 Å². The first kappa shape index (κ1) is 12.9. The lowest BCUT2D eigenvalue weighted by Gasteiger charge is -2.29. The van der Waals surface area contributed by atoms with Gasteiger partial charge in [-0.15, -0.1) is 0 Å². The Morgan fingerprint density at radius 2 is 1.92 bits per heavy atom. The molecule has 2 unspecified atom stereocenters. The minimum Gasteiger partial charge on any atom is -0.377 e. The number of hydrazine groups is 1. The van der Waals surface area contributed by atoms with Crippen LogP contribution in [0.2, 0.25) is 0 Å². The smallest absolute Gasteiger partial charge is 0.0764 e. The van der Waals surface area contributed by atoms with Crippen LogP contribution in [0.3, 0.4) is 0 Å². The fraction of sp³-hybridized carbons (Fsp3) is 1.00. The second-order valence-electron chi connectivity index (χ2n) is 3.73. The van der Waals surface area contributed by atoms with Gasteiger partial charge >= 0.3 is 0 Å². The molecule has 2 atom stereocenters. The van der Waals surface area contributed by atoms with E-state index in [1.807, 2.05) is 6.92 Å². The van der Waals surface area contributed by atoms with Gasteiger partial charge in [-0.25, -0.2) is 0 Å². The summed E-state index contributed by atoms with van der Waals surface area (Å²) in [6.45, 7) is 9.27. The van der Waals surface area contributed by atoms with Crippen LogP contribution in [-0.2, 0) is 4.74 Å². The van der Waals surface area contributed by atoms with Crippen molar-refractivity contribution in [1.82, 2.24) is 5.43 Å². The van der Waals surface area contributed by atoms with Crippen LogP contribution in [0.5, 0.6) is 0 Å². The first-order valence-corrected chi connectivity index (χ1v) is 5.25. The maximum atomic E-state index is 5.67. The van der Waals surface area contributed by atoms with Gasteiger partial charge in [-0.2, -0.15) is 0 Å². The van der Waals surface area contributed by atoms with Crippen LogP contribution in [-0.4, -0.2) is 18.8 Å². The van der Waals surface area contributed by atoms with Gasteiger partial charge in [0.1, 0.15) is 0 Å². The van der Waals surface area contributed by atoms with E-state index in [0.717, 1.165) is 19.4 Å². The maximum Gasteiger partial charge on any atom is 0.0764 e. The van der Waals surface area contributed by atoms with Gasteiger partial charge in [-0.05, 0) is 19.3 Å². The normalized spacial score (nSPS) is 16.2. The highest BCUT2D eigenvalue weighted by molar-refractivity contribution is 4.77. The van der Waals surface area contributed by atoms with Crippen LogP contribution in [0.4, 0.5) is 0 Å². The molecule has 0 bridgehead atoms. The van der Waals surface area contributed by atoms with Crippen LogP contribution < -0.4 is 11.3 Å². The predicted octanol–water partition coefficient (Wildman–Crippen LogP) is 1.68. The zero-order valence-electron chi connectivity index (χ0n) is 9.34. The Bertz CT molecular complexity index is 117. The van der Waals surface area contributed by atoms with Gasteiger partial charge in [-0.1, -0.05) is 27.2 Å². The van der Waals surface area contributed by atoms with E-state index in [0.29, 0.717) is 5.92 Å². The van der Waals surface area contributed by atoms with Gasteiger partial charge in [0.2, 0.25) is 0 Å². The molecule has 0 saturated heterocycles. The fourth-order valence-corrected chi connectivity index (χ4v) is 1.62. The summed E-state index contributed by atoms with van der Waals surface area (Å²) >= 11 is 0. The average molecular weight is 188 g/mol. The molecule has 13 heavy (non-hydrogen) atoms. The first-order chi connectivity index (χ1) is 6.17. The van der Waals surface area contributed by atoms with Crippen LogP contribution in [0.15, 0.2) is 0 Å². The third-order valence-corrected chi connectivity index (χ3v) is 2.23. The number of nitrogens with one attached hydrogen (secondary N) is 1. The summed E-state index contributed by atoms with van der Waals surface area (Å²) in [6.07, 6.45) is 2.43. The van der Waals surface area contributed by atoms with Crippen molar-refractivity contribution in [2.75, 3.05) is 6.61 Å². The molecular weight excluding hydrogens is 164 g/mol. The van der Waals surface area contributed by atoms with E-state index in [1.165, 1.54) is 0 Å². The Morgan fingerprint density at radius 1 is 1.31 bits per heavy atom. The summed E-state index contributed by atoms with van der Waals surface area (Å²) in [7, 11) is 0. The number of rotatable bonds is 7. The summed E-state index contributed by atoms with van der Waals surface area (Å²) < 4.78 is 5.67. The van der Waals surface area contributed by atoms with E-state index >= 15 is 0 Å². The van der Waals surface area contributed by atoms with E-state index in [9.17, 15) is 0 Å². The molecule has 0 aliphatic carbocycles. The lowest BCUT2D eigenvalue weighted by molar-refractivity contribution is 0.00129. The highest BCUT2D eigenvalue weighted by Crippen LogP contribution is 2.14. The second-order valence-corrected chi connectivity index (χ2v) is 3.73. The largest absolute Gasteiger partial charge is 0.377 e. The zero-order valence-corrected chi connectivity index (χ0v) is 9.34. The van der Waals surface area contributed by atoms with E-state index < -0.39 is 0 Å². The van der Waals surface area contributed by atoms with E-state index in [-0.39, 0.29) is 12.1 Å². The quantitative estimate of drug-likeness (QED) is 0.472. The van der Waals surface area contributed by atoms with Gasteiger partial charge in [0, 0.05) is 12.6 Å². The molecule has 0 saturated carbocycles. The third-order valence-electron chi connectivity index (χ3n) is 2.23. The summed E-state index contributed by atoms with van der Waals surface area (Å²) in [5.74, 6) is 6.00. The van der Waals surface area contributed by atoms with Crippen LogP contribution in [0.1, 0.15) is 40.5 Å². The van der Waals surface area contributed by atoms with E-state index in [1.54, 1.807) is 0 Å². The van der Waals surface area contributed by atoms with Crippen LogP contribution in [0, 0.1) is 5.92 Å². The molecule has 80 valence electrons. The van der Waals surface area contributed by atoms with Crippen molar-refractivity contribution in [3.8, 4) is 0 Å². The van der Waals surface area contributed by atoms with Gasteiger partial charge < -0.3 is 4.74 Å². The molecule has 0 aromatic carbocycles. The van der Waals surface area contributed by atoms with Crippen molar-refractivity contribution in [2.24, 2.45) is 11.8 Å². The van der Waals surface area contributed by atoms with Gasteiger partial charge in [0.05, 0.1) is 6.10 Å². The number of hydrogen-bond donors (Lipinski definition) is 2. The van der Waals surface area contributed by atoms with Crippen molar-refractivity contribution in [2.45, 2.75) is 52.7 Å². The number of hydrogen-bond acceptors (Lipinski definition) is 3. The third kappa shape index (κ3) is 4.60. The lowest BCUT2D eigenvalue weighted by Crippen LogP contribution is -2.47. The Hall–Kier alpha value is -0.120. The lowest BCUT2D eigenvalue weighted by atomic mass is 9.96. The van der Waals surface area contributed by atoms with E-state index in [4.69, 9.17) is 10.6 Å². The zero-order chi connectivity index (χ0) is 10.3. The molecule has 0 aliphatic heterocycles. The molecule has 0 aromatic heterocycles. The highest BCUT2D eigenvalue weighted by Gasteiger charge is 2.22. The van der Waals surface area contributed by atoms with Crippen molar-refractivity contribution < 1.29 is 4.74 Å². The molecule has 0 spiro atoms. The average Bonchev–Trinajstić information content (AvgIpc) is 2.10. The van der Waals surface area contributed by atoms with Crippen molar-refractivity contribution >= 4 is 0 Å². The summed E-state index contributed by atoms with van der Waals surface area (Å²) in [4.78, 5) is 0. The Kier molecular flexibility index (Phi) is 7.23. The standard InChI is InChI=1S/C10H24N2O/c1-5-7-9(12-11)10(8(3)4)13-6-2/h8-10,12H,5-7,11H2,1-4H3. The number of nitrogens with two attached hydrogens (primary N) is 1. The predicted molar refractivity (Wildman–Crippen MR) is 56.3 cm³/mol. The summed E-state index contributed by atoms with van der Waals surface area (Å²) in [5, 5.41) is 0. The molecule has 0 aromatic rings. The van der Waals surface area contributed by atoms with Gasteiger partial charge in [-0.3, -0.25) is 11.3 Å². The molecule has 3 heteroatoms. The number of ether oxygens (including phenoxy) is 1. The molecule has 0 radical (unpaired) electrons. The van der Waals surface area contributed by atoms with Crippen LogP contribution in [0.25, 0.3) is 0 Å². The maximum absolute atomic E-state index is 5.67. The van der Waals surface area contributed by atoms with E-state index in [2.05, 4.69) is 26.2 Å². The van der Waals surface area contributed by atoms with Gasteiger partial charge in [0.25, 0.3) is 0 Å². The molecule has 0 fully saturated rings.